The Labute approximate surface area is 107 Å². The highest BCUT2D eigenvalue weighted by Crippen LogP contribution is 2.35. The predicted octanol–water partition coefficient (Wildman–Crippen LogP) is 3.81. The smallest absolute Gasteiger partial charge is 0.165 e. The first-order chi connectivity index (χ1) is 8.75. The number of nitrogens with two attached hydrogens (primary N) is 1. The van der Waals surface area contributed by atoms with Crippen LogP contribution < -0.4 is 10.5 Å². The van der Waals surface area contributed by atoms with Crippen LogP contribution in [0.1, 0.15) is 0 Å². The Hall–Kier alpha value is -2.14. The first-order valence-corrected chi connectivity index (χ1v) is 6.18. The third-order valence-corrected chi connectivity index (χ3v) is 3.35. The van der Waals surface area contributed by atoms with E-state index in [1.54, 1.807) is 29.8 Å². The van der Waals surface area contributed by atoms with Crippen molar-refractivity contribution in [3.05, 3.63) is 47.7 Å². The van der Waals surface area contributed by atoms with Crippen molar-refractivity contribution >= 4 is 27.2 Å². The Morgan fingerprint density at radius 3 is 2.78 bits per heavy atom. The lowest BCUT2D eigenvalue weighted by Gasteiger charge is -2.09. The minimum Gasteiger partial charge on any atom is -0.452 e. The molecule has 0 aliphatic rings. The van der Waals surface area contributed by atoms with Crippen LogP contribution in [0.5, 0.6) is 11.5 Å². The van der Waals surface area contributed by atoms with Crippen LogP contribution in [0, 0.1) is 5.82 Å². The molecule has 0 fully saturated rings. The van der Waals surface area contributed by atoms with Gasteiger partial charge in [-0.05, 0) is 24.3 Å². The van der Waals surface area contributed by atoms with Crippen LogP contribution in [0.15, 0.2) is 41.9 Å². The summed E-state index contributed by atoms with van der Waals surface area (Å²) in [7, 11) is 0. The van der Waals surface area contributed by atoms with E-state index in [1.165, 1.54) is 17.4 Å². The topological polar surface area (TPSA) is 48.1 Å². The Morgan fingerprint density at radius 2 is 1.94 bits per heavy atom. The monoisotopic (exact) mass is 260 g/mol. The van der Waals surface area contributed by atoms with Crippen molar-refractivity contribution in [3.63, 3.8) is 0 Å². The van der Waals surface area contributed by atoms with Gasteiger partial charge in [0.1, 0.15) is 11.2 Å². The molecule has 0 bridgehead atoms. The summed E-state index contributed by atoms with van der Waals surface area (Å²) in [5, 5.41) is 0. The van der Waals surface area contributed by atoms with Crippen molar-refractivity contribution in [1.82, 2.24) is 4.98 Å². The summed E-state index contributed by atoms with van der Waals surface area (Å²) >= 11 is 1.50. The van der Waals surface area contributed by atoms with Crippen molar-refractivity contribution in [2.45, 2.75) is 0 Å². The molecule has 90 valence electrons. The van der Waals surface area contributed by atoms with Crippen LogP contribution in [0.3, 0.4) is 0 Å². The summed E-state index contributed by atoms with van der Waals surface area (Å²) < 4.78 is 19.9. The van der Waals surface area contributed by atoms with Crippen molar-refractivity contribution in [3.8, 4) is 11.5 Å². The molecule has 0 atom stereocenters. The van der Waals surface area contributed by atoms with Gasteiger partial charge in [-0.15, -0.1) is 11.3 Å². The molecule has 2 aromatic carbocycles. The van der Waals surface area contributed by atoms with Crippen LogP contribution in [0.2, 0.25) is 0 Å². The Kier molecular flexibility index (Phi) is 2.60. The molecule has 0 aliphatic carbocycles. The van der Waals surface area contributed by atoms with Gasteiger partial charge in [-0.1, -0.05) is 12.1 Å². The normalized spacial score (nSPS) is 10.7. The Bertz CT molecular complexity index is 711. The Morgan fingerprint density at radius 1 is 1.11 bits per heavy atom. The standard InChI is InChI=1S/C13H9FN2OS/c14-8-3-1-2-4-9(8)17-10-5-6-11-13(12(10)15)16-7-18-11/h1-7H,15H2. The molecule has 0 amide bonds. The molecule has 0 saturated heterocycles. The molecule has 0 saturated carbocycles. The summed E-state index contributed by atoms with van der Waals surface area (Å²) in [4.78, 5) is 4.16. The number of nitrogens with zero attached hydrogens (tertiary/aromatic N) is 1. The first kappa shape index (κ1) is 11.0. The molecule has 1 heterocycles. The van der Waals surface area contributed by atoms with Crippen molar-refractivity contribution < 1.29 is 9.13 Å². The minimum absolute atomic E-state index is 0.152. The zero-order valence-electron chi connectivity index (χ0n) is 9.26. The van der Waals surface area contributed by atoms with Crippen LogP contribution in [-0.4, -0.2) is 4.98 Å². The highest BCUT2D eigenvalue weighted by atomic mass is 32.1. The zero-order chi connectivity index (χ0) is 12.5. The molecule has 18 heavy (non-hydrogen) atoms. The number of benzene rings is 2. The Balaban J connectivity index is 2.05. The average molecular weight is 260 g/mol. The molecule has 3 nitrogen and oxygen atoms in total. The van der Waals surface area contributed by atoms with Gasteiger partial charge in [0.15, 0.2) is 17.3 Å². The van der Waals surface area contributed by atoms with Crippen LogP contribution in [0.4, 0.5) is 10.1 Å². The predicted molar refractivity (Wildman–Crippen MR) is 70.5 cm³/mol. The molecule has 0 unspecified atom stereocenters. The number of thiazole rings is 1. The van der Waals surface area contributed by atoms with Gasteiger partial charge in [0.2, 0.25) is 0 Å². The highest BCUT2D eigenvalue weighted by molar-refractivity contribution is 7.16. The molecule has 3 rings (SSSR count). The van der Waals surface area contributed by atoms with Gasteiger partial charge in [0, 0.05) is 0 Å². The fourth-order valence-corrected chi connectivity index (χ4v) is 2.36. The highest BCUT2D eigenvalue weighted by Gasteiger charge is 2.10. The third kappa shape index (κ3) is 1.78. The van der Waals surface area contributed by atoms with E-state index < -0.39 is 5.82 Å². The summed E-state index contributed by atoms with van der Waals surface area (Å²) in [6.45, 7) is 0. The molecule has 1 aromatic heterocycles. The molecule has 0 spiro atoms. The van der Waals surface area contributed by atoms with E-state index in [9.17, 15) is 4.39 Å². The lowest BCUT2D eigenvalue weighted by atomic mass is 10.2. The second-order valence-corrected chi connectivity index (χ2v) is 4.60. The first-order valence-electron chi connectivity index (χ1n) is 5.30. The van der Waals surface area contributed by atoms with E-state index >= 15 is 0 Å². The summed E-state index contributed by atoms with van der Waals surface area (Å²) in [6.07, 6.45) is 0. The van der Waals surface area contributed by atoms with Crippen molar-refractivity contribution in [1.29, 1.82) is 0 Å². The van der Waals surface area contributed by atoms with Gasteiger partial charge in [-0.25, -0.2) is 9.37 Å². The van der Waals surface area contributed by atoms with Gasteiger partial charge >= 0.3 is 0 Å². The third-order valence-electron chi connectivity index (χ3n) is 2.56. The van der Waals surface area contributed by atoms with E-state index in [2.05, 4.69) is 4.98 Å². The van der Waals surface area contributed by atoms with Crippen molar-refractivity contribution in [2.75, 3.05) is 5.73 Å². The van der Waals surface area contributed by atoms with E-state index in [0.29, 0.717) is 17.0 Å². The second kappa shape index (κ2) is 4.27. The second-order valence-electron chi connectivity index (χ2n) is 3.71. The van der Waals surface area contributed by atoms with Gasteiger partial charge in [0.05, 0.1) is 10.2 Å². The SMILES string of the molecule is Nc1c(Oc2ccccc2F)ccc2scnc12. The average Bonchev–Trinajstić information content (AvgIpc) is 2.84. The molecular weight excluding hydrogens is 251 g/mol. The summed E-state index contributed by atoms with van der Waals surface area (Å²) in [5.41, 5.74) is 8.79. The number of fused-ring (bicyclic) bond motifs is 1. The lowest BCUT2D eigenvalue weighted by molar-refractivity contribution is 0.444. The molecule has 0 aliphatic heterocycles. The number of anilines is 1. The number of rotatable bonds is 2. The van der Waals surface area contributed by atoms with E-state index in [1.807, 2.05) is 6.07 Å². The maximum Gasteiger partial charge on any atom is 0.165 e. The van der Waals surface area contributed by atoms with Crippen LogP contribution >= 0.6 is 11.3 Å². The fourth-order valence-electron chi connectivity index (χ4n) is 1.67. The fraction of sp³-hybridized carbons (Fsp3) is 0. The van der Waals surface area contributed by atoms with Crippen LogP contribution in [0.25, 0.3) is 10.2 Å². The van der Waals surface area contributed by atoms with E-state index in [0.717, 1.165) is 4.70 Å². The van der Waals surface area contributed by atoms with Gasteiger partial charge in [-0.3, -0.25) is 0 Å². The largest absolute Gasteiger partial charge is 0.452 e. The minimum atomic E-state index is -0.421. The maximum atomic E-state index is 13.5. The number of ether oxygens (including phenoxy) is 1. The zero-order valence-corrected chi connectivity index (χ0v) is 10.1. The van der Waals surface area contributed by atoms with Gasteiger partial charge in [-0.2, -0.15) is 0 Å². The van der Waals surface area contributed by atoms with E-state index in [4.69, 9.17) is 10.5 Å². The summed E-state index contributed by atoms with van der Waals surface area (Å²) in [6, 6.07) is 9.79. The van der Waals surface area contributed by atoms with Gasteiger partial charge < -0.3 is 10.5 Å². The molecule has 0 radical (unpaired) electrons. The molecule has 5 heteroatoms. The number of aromatic nitrogens is 1. The molecule has 2 N–H and O–H groups in total. The lowest BCUT2D eigenvalue weighted by Crippen LogP contribution is -1.94. The summed E-state index contributed by atoms with van der Waals surface area (Å²) in [5.74, 6) is 0.146. The number of hydrogen-bond donors (Lipinski definition) is 1. The number of halogens is 1. The van der Waals surface area contributed by atoms with Gasteiger partial charge in [0.25, 0.3) is 0 Å². The van der Waals surface area contributed by atoms with Crippen LogP contribution in [-0.2, 0) is 0 Å². The van der Waals surface area contributed by atoms with E-state index in [-0.39, 0.29) is 5.75 Å². The maximum absolute atomic E-state index is 13.5. The van der Waals surface area contributed by atoms with Crippen molar-refractivity contribution in [2.24, 2.45) is 0 Å². The quantitative estimate of drug-likeness (QED) is 0.713. The number of nitrogen functional groups attached to an aromatic ring is 1. The number of para-hydroxylation sites is 1. The molecule has 3 aromatic rings. The molecular formula is C13H9FN2OS. The number of hydrogen-bond acceptors (Lipinski definition) is 4.